The van der Waals surface area contributed by atoms with Gasteiger partial charge in [-0.15, -0.1) is 0 Å². The van der Waals surface area contributed by atoms with E-state index >= 15 is 0 Å². The van der Waals surface area contributed by atoms with Crippen LogP contribution in [0.25, 0.3) is 11.2 Å². The van der Waals surface area contributed by atoms with Crippen molar-refractivity contribution in [3.63, 3.8) is 0 Å². The summed E-state index contributed by atoms with van der Waals surface area (Å²) in [7, 11) is 1.30. The van der Waals surface area contributed by atoms with Gasteiger partial charge in [0.1, 0.15) is 12.2 Å². The van der Waals surface area contributed by atoms with Crippen LogP contribution in [0.1, 0.15) is 76.4 Å². The molecule has 17 heteroatoms. The van der Waals surface area contributed by atoms with Crippen LogP contribution in [0.2, 0.25) is 0 Å². The summed E-state index contributed by atoms with van der Waals surface area (Å²) < 4.78 is 6.50. The third kappa shape index (κ3) is 9.04. The first kappa shape index (κ1) is 42.1. The predicted octanol–water partition coefficient (Wildman–Crippen LogP) is 3.21. The number of imidazole rings is 1. The smallest absolute Gasteiger partial charge is 0.337 e. The number of fused-ring (bicyclic) bond motifs is 1. The van der Waals surface area contributed by atoms with Crippen LogP contribution in [-0.2, 0) is 9.53 Å². The van der Waals surface area contributed by atoms with Crippen molar-refractivity contribution in [2.45, 2.75) is 74.9 Å². The lowest BCUT2D eigenvalue weighted by Gasteiger charge is -2.22. The molecule has 0 bridgehead atoms. The topological polar surface area (TPSA) is 216 Å². The Morgan fingerprint density at radius 2 is 1.45 bits per heavy atom. The second-order valence-corrected chi connectivity index (χ2v) is 16.1. The fraction of sp³-hybridized carbons (Fsp3) is 0.400. The van der Waals surface area contributed by atoms with Crippen LogP contribution in [0, 0.1) is 0 Å². The van der Waals surface area contributed by atoms with Crippen LogP contribution in [-0.4, -0.2) is 129 Å². The first-order valence-electron chi connectivity index (χ1n) is 21.1. The van der Waals surface area contributed by atoms with Gasteiger partial charge in [-0.05, 0) is 54.7 Å². The molecule has 8 rings (SSSR count). The maximum absolute atomic E-state index is 13.3. The number of carbonyl (C=O) groups is 4. The molecule has 4 amide bonds. The minimum atomic E-state index is -1.19. The molecule has 324 valence electrons. The van der Waals surface area contributed by atoms with E-state index in [0.29, 0.717) is 79.6 Å². The molecule has 0 spiro atoms. The fourth-order valence-corrected chi connectivity index (χ4v) is 8.73. The molecule has 2 aromatic heterocycles. The maximum Gasteiger partial charge on any atom is 0.337 e. The zero-order valence-electron chi connectivity index (χ0n) is 34.7. The Kier molecular flexibility index (Phi) is 12.6. The van der Waals surface area contributed by atoms with Gasteiger partial charge in [0.15, 0.2) is 17.0 Å². The SMILES string of the molecule is CCC(=O)N[C@H]1C[C@@H](n2cnc3c(NCC(c4ccccc4)c4ccccc4)nc(N4CCC(NC(=O)NC5CCN(C(=O)c6ccc(C(=O)OC)cc6)C5)C4)nc32)[C@H](O)[C@@H]1O. The second-order valence-electron chi connectivity index (χ2n) is 16.1. The van der Waals surface area contributed by atoms with Gasteiger partial charge in [-0.3, -0.25) is 9.59 Å². The van der Waals surface area contributed by atoms with Gasteiger partial charge in [0.05, 0.1) is 31.1 Å². The average Bonchev–Trinajstić information content (AvgIpc) is 4.12. The van der Waals surface area contributed by atoms with Gasteiger partial charge < -0.3 is 50.6 Å². The number of methoxy groups -OCH3 is 1. The highest BCUT2D eigenvalue weighted by molar-refractivity contribution is 5.96. The second kappa shape index (κ2) is 18.6. The lowest BCUT2D eigenvalue weighted by molar-refractivity contribution is -0.122. The summed E-state index contributed by atoms with van der Waals surface area (Å²) in [4.78, 5) is 69.0. The summed E-state index contributed by atoms with van der Waals surface area (Å²) in [6, 6.07) is 24.7. The molecule has 0 radical (unpaired) electrons. The van der Waals surface area contributed by atoms with E-state index in [9.17, 15) is 29.4 Å². The molecule has 2 aliphatic heterocycles. The molecule has 4 heterocycles. The number of carbonyl (C=O) groups excluding carboxylic acids is 4. The van der Waals surface area contributed by atoms with Gasteiger partial charge in [0.2, 0.25) is 11.9 Å². The third-order valence-corrected chi connectivity index (χ3v) is 12.1. The molecule has 3 fully saturated rings. The number of esters is 1. The van der Waals surface area contributed by atoms with Crippen LogP contribution < -0.4 is 26.2 Å². The largest absolute Gasteiger partial charge is 0.465 e. The third-order valence-electron chi connectivity index (χ3n) is 12.1. The quantitative estimate of drug-likeness (QED) is 0.0943. The average molecular weight is 845 g/mol. The van der Waals surface area contributed by atoms with Crippen LogP contribution in [0.3, 0.4) is 0 Å². The summed E-state index contributed by atoms with van der Waals surface area (Å²) in [6.07, 6.45) is 0.983. The number of ether oxygens (including phenoxy) is 1. The van der Waals surface area contributed by atoms with Crippen molar-refractivity contribution in [3.05, 3.63) is 114 Å². The molecule has 17 nitrogen and oxygen atoms in total. The zero-order valence-corrected chi connectivity index (χ0v) is 34.7. The molecule has 2 unspecified atom stereocenters. The number of aliphatic hydroxyl groups is 2. The highest BCUT2D eigenvalue weighted by Gasteiger charge is 2.44. The van der Waals surface area contributed by atoms with Gasteiger partial charge in [-0.1, -0.05) is 67.6 Å². The van der Waals surface area contributed by atoms with E-state index < -0.39 is 30.3 Å². The summed E-state index contributed by atoms with van der Waals surface area (Å²) >= 11 is 0. The standard InChI is InChI=1S/C45H52N10O7/c1-3-36(56)50-34-22-35(39(58)38(34)57)55-26-47-37-40(46-23-33(27-10-6-4-7-11-27)28-12-8-5-9-13-28)51-44(52-41(37)55)54-21-19-32(25-54)49-45(61)48-31-18-20-53(24-31)42(59)29-14-16-30(17-15-29)43(60)62-2/h4-17,26,31-35,38-39,57-58H,3,18-25H2,1-2H3,(H,50,56)(H,46,51,52)(H2,48,49,61)/t31?,32?,34-,35+,38+,39-/m0/s1. The number of nitrogens with zero attached hydrogens (tertiary/aromatic N) is 6. The molecule has 62 heavy (non-hydrogen) atoms. The number of hydrogen-bond acceptors (Lipinski definition) is 12. The Labute approximate surface area is 358 Å². The molecule has 6 N–H and O–H groups in total. The molecule has 3 aliphatic rings. The lowest BCUT2D eigenvalue weighted by atomic mass is 9.91. The van der Waals surface area contributed by atoms with Crippen LogP contribution in [0.15, 0.2) is 91.3 Å². The number of aliphatic hydroxyl groups excluding tert-OH is 2. The number of aromatic nitrogens is 4. The highest BCUT2D eigenvalue weighted by atomic mass is 16.5. The number of likely N-dealkylation sites (tertiary alicyclic amines) is 1. The molecule has 2 saturated heterocycles. The molecule has 1 saturated carbocycles. The monoisotopic (exact) mass is 844 g/mol. The highest BCUT2D eigenvalue weighted by Crippen LogP contribution is 2.36. The minimum Gasteiger partial charge on any atom is -0.465 e. The molecule has 5 aromatic rings. The number of benzene rings is 3. The zero-order chi connectivity index (χ0) is 43.3. The van der Waals surface area contributed by atoms with Crippen molar-refractivity contribution in [3.8, 4) is 0 Å². The number of nitrogens with one attached hydrogen (secondary N) is 4. The summed E-state index contributed by atoms with van der Waals surface area (Å²) in [5.41, 5.74) is 4.01. The first-order chi connectivity index (χ1) is 30.1. The Bertz CT molecular complexity index is 2340. The number of urea groups is 1. The van der Waals surface area contributed by atoms with Gasteiger partial charge in [-0.2, -0.15) is 9.97 Å². The van der Waals surface area contributed by atoms with Gasteiger partial charge in [-0.25, -0.2) is 14.6 Å². The van der Waals surface area contributed by atoms with Gasteiger partial charge in [0, 0.05) is 62.7 Å². The van der Waals surface area contributed by atoms with E-state index in [2.05, 4.69) is 45.5 Å². The van der Waals surface area contributed by atoms with E-state index in [1.165, 1.54) is 7.11 Å². The van der Waals surface area contributed by atoms with Crippen molar-refractivity contribution in [1.82, 2.24) is 40.4 Å². The predicted molar refractivity (Wildman–Crippen MR) is 231 cm³/mol. The lowest BCUT2D eigenvalue weighted by Crippen LogP contribution is -2.48. The van der Waals surface area contributed by atoms with E-state index in [1.807, 2.05) is 41.3 Å². The van der Waals surface area contributed by atoms with E-state index in [0.717, 1.165) is 11.1 Å². The van der Waals surface area contributed by atoms with Crippen molar-refractivity contribution >= 4 is 46.7 Å². The van der Waals surface area contributed by atoms with Gasteiger partial charge >= 0.3 is 12.0 Å². The fourth-order valence-electron chi connectivity index (χ4n) is 8.73. The summed E-state index contributed by atoms with van der Waals surface area (Å²) in [6.45, 7) is 4.03. The minimum absolute atomic E-state index is 0.0220. The Balaban J connectivity index is 0.979. The Morgan fingerprint density at radius 1 is 0.806 bits per heavy atom. The van der Waals surface area contributed by atoms with Crippen LogP contribution in [0.4, 0.5) is 16.6 Å². The van der Waals surface area contributed by atoms with Crippen molar-refractivity contribution < 1.29 is 34.1 Å². The summed E-state index contributed by atoms with van der Waals surface area (Å²) in [5, 5.41) is 34.8. The van der Waals surface area contributed by atoms with Crippen LogP contribution in [0.5, 0.6) is 0 Å². The van der Waals surface area contributed by atoms with Crippen molar-refractivity contribution in [2.75, 3.05) is 50.1 Å². The van der Waals surface area contributed by atoms with E-state index in [4.69, 9.17) is 19.7 Å². The molecule has 1 aliphatic carbocycles. The van der Waals surface area contributed by atoms with Crippen molar-refractivity contribution in [1.29, 1.82) is 0 Å². The maximum atomic E-state index is 13.3. The molecule has 6 atom stereocenters. The van der Waals surface area contributed by atoms with E-state index in [1.54, 1.807) is 47.0 Å². The number of amides is 4. The van der Waals surface area contributed by atoms with Gasteiger partial charge in [0.25, 0.3) is 5.91 Å². The van der Waals surface area contributed by atoms with Crippen molar-refractivity contribution in [2.24, 2.45) is 0 Å². The first-order valence-corrected chi connectivity index (χ1v) is 21.1. The Morgan fingerprint density at radius 3 is 2.11 bits per heavy atom. The normalized spacial score (nSPS) is 22.2. The molecular weight excluding hydrogens is 793 g/mol. The van der Waals surface area contributed by atoms with E-state index in [-0.39, 0.29) is 48.7 Å². The molecule has 3 aromatic carbocycles. The molecular formula is C45H52N10O7. The van der Waals surface area contributed by atoms with Crippen LogP contribution >= 0.6 is 0 Å². The Hall–Kier alpha value is -6.59. The number of anilines is 2. The number of hydrogen-bond donors (Lipinski definition) is 6. The number of rotatable bonds is 13. The summed E-state index contributed by atoms with van der Waals surface area (Å²) in [5.74, 6) is 0.0191.